The SMILES string of the molecule is COc1ccc(C2(O)CCN(CC(O)c3ccc4c(c3)CCCC(=O)N4)CC2)cn1. The molecule has 1 aromatic carbocycles. The van der Waals surface area contributed by atoms with Gasteiger partial charge in [0.2, 0.25) is 11.8 Å². The van der Waals surface area contributed by atoms with E-state index in [-0.39, 0.29) is 5.91 Å². The Bertz CT molecular complexity index is 892. The first-order valence-electron chi connectivity index (χ1n) is 10.5. The number of hydrogen-bond acceptors (Lipinski definition) is 6. The Morgan fingerprint density at radius 2 is 2.03 bits per heavy atom. The molecule has 160 valence electrons. The van der Waals surface area contributed by atoms with Gasteiger partial charge in [0.05, 0.1) is 18.8 Å². The predicted molar refractivity (Wildman–Crippen MR) is 113 cm³/mol. The summed E-state index contributed by atoms with van der Waals surface area (Å²) in [5.74, 6) is 0.582. The first kappa shape index (κ1) is 20.8. The molecule has 1 unspecified atom stereocenters. The van der Waals surface area contributed by atoms with E-state index in [1.54, 1.807) is 19.4 Å². The number of nitrogens with zero attached hydrogens (tertiary/aromatic N) is 2. The molecule has 0 bridgehead atoms. The number of likely N-dealkylation sites (tertiary alicyclic amines) is 1. The largest absolute Gasteiger partial charge is 0.481 e. The summed E-state index contributed by atoms with van der Waals surface area (Å²) in [4.78, 5) is 18.1. The second-order valence-electron chi connectivity index (χ2n) is 8.26. The Kier molecular flexibility index (Phi) is 6.04. The van der Waals surface area contributed by atoms with Crippen LogP contribution in [0.4, 0.5) is 5.69 Å². The van der Waals surface area contributed by atoms with Crippen molar-refractivity contribution in [2.45, 2.75) is 43.8 Å². The van der Waals surface area contributed by atoms with Crippen molar-refractivity contribution in [3.8, 4) is 5.88 Å². The van der Waals surface area contributed by atoms with Crippen LogP contribution in [0.5, 0.6) is 5.88 Å². The van der Waals surface area contributed by atoms with Gasteiger partial charge in [-0.05, 0) is 48.9 Å². The standard InChI is InChI=1S/C23H29N3O4/c1-30-22-8-6-18(14-24-22)23(29)9-11-26(12-10-23)15-20(27)17-5-7-19-16(13-17)3-2-4-21(28)25-19/h5-8,13-14,20,27,29H,2-4,9-12,15H2,1H3,(H,25,28). The fourth-order valence-electron chi connectivity index (χ4n) is 4.32. The third-order valence-corrected chi connectivity index (χ3v) is 6.24. The van der Waals surface area contributed by atoms with E-state index in [0.29, 0.717) is 44.8 Å². The molecule has 0 saturated carbocycles. The number of benzene rings is 1. The van der Waals surface area contributed by atoms with E-state index in [4.69, 9.17) is 4.74 Å². The molecule has 1 amide bonds. The minimum absolute atomic E-state index is 0.0508. The number of rotatable bonds is 5. The van der Waals surface area contributed by atoms with E-state index < -0.39 is 11.7 Å². The van der Waals surface area contributed by atoms with Gasteiger partial charge >= 0.3 is 0 Å². The third-order valence-electron chi connectivity index (χ3n) is 6.24. The van der Waals surface area contributed by atoms with Gasteiger partial charge in [0, 0.05) is 49.6 Å². The maximum absolute atomic E-state index is 11.7. The molecule has 2 aromatic rings. The summed E-state index contributed by atoms with van der Waals surface area (Å²) < 4.78 is 5.09. The highest BCUT2D eigenvalue weighted by atomic mass is 16.5. The van der Waals surface area contributed by atoms with Gasteiger partial charge in [-0.3, -0.25) is 4.79 Å². The van der Waals surface area contributed by atoms with Crippen molar-refractivity contribution in [2.24, 2.45) is 0 Å². The van der Waals surface area contributed by atoms with E-state index in [1.807, 2.05) is 24.3 Å². The van der Waals surface area contributed by atoms with Gasteiger partial charge in [0.25, 0.3) is 0 Å². The van der Waals surface area contributed by atoms with E-state index in [0.717, 1.165) is 35.2 Å². The highest BCUT2D eigenvalue weighted by molar-refractivity contribution is 5.92. The molecule has 3 heterocycles. The Morgan fingerprint density at radius 3 is 2.73 bits per heavy atom. The maximum atomic E-state index is 11.7. The third kappa shape index (κ3) is 4.48. The average Bonchev–Trinajstić information content (AvgIpc) is 2.95. The van der Waals surface area contributed by atoms with Gasteiger partial charge in [-0.25, -0.2) is 4.98 Å². The number of aliphatic hydroxyl groups excluding tert-OH is 1. The van der Waals surface area contributed by atoms with E-state index in [9.17, 15) is 15.0 Å². The highest BCUT2D eigenvalue weighted by Crippen LogP contribution is 2.34. The Hall–Kier alpha value is -2.48. The number of aliphatic hydroxyl groups is 2. The van der Waals surface area contributed by atoms with Crippen LogP contribution in [0.3, 0.4) is 0 Å². The van der Waals surface area contributed by atoms with Crippen LogP contribution < -0.4 is 10.1 Å². The number of methoxy groups -OCH3 is 1. The van der Waals surface area contributed by atoms with E-state index >= 15 is 0 Å². The first-order valence-corrected chi connectivity index (χ1v) is 10.5. The lowest BCUT2D eigenvalue weighted by atomic mass is 9.85. The topological polar surface area (TPSA) is 94.9 Å². The van der Waals surface area contributed by atoms with Gasteiger partial charge in [-0.2, -0.15) is 0 Å². The predicted octanol–water partition coefficient (Wildman–Crippen LogP) is 2.38. The second kappa shape index (κ2) is 8.71. The zero-order valence-corrected chi connectivity index (χ0v) is 17.3. The molecule has 1 fully saturated rings. The number of carbonyl (C=O) groups is 1. The molecule has 30 heavy (non-hydrogen) atoms. The second-order valence-corrected chi connectivity index (χ2v) is 8.26. The number of pyridine rings is 1. The van der Waals surface area contributed by atoms with Crippen LogP contribution >= 0.6 is 0 Å². The molecule has 1 atom stereocenters. The molecule has 0 aliphatic carbocycles. The van der Waals surface area contributed by atoms with Crippen LogP contribution in [0.25, 0.3) is 0 Å². The lowest BCUT2D eigenvalue weighted by Gasteiger charge is -2.39. The Morgan fingerprint density at radius 1 is 1.23 bits per heavy atom. The number of anilines is 1. The Balaban J connectivity index is 1.36. The van der Waals surface area contributed by atoms with Crippen molar-refractivity contribution in [3.63, 3.8) is 0 Å². The molecule has 7 nitrogen and oxygen atoms in total. The molecule has 0 spiro atoms. The number of fused-ring (bicyclic) bond motifs is 1. The van der Waals surface area contributed by atoms with Crippen molar-refractivity contribution in [2.75, 3.05) is 32.1 Å². The summed E-state index contributed by atoms with van der Waals surface area (Å²) >= 11 is 0. The number of nitrogens with one attached hydrogen (secondary N) is 1. The number of hydrogen-bond donors (Lipinski definition) is 3. The molecule has 4 rings (SSSR count). The van der Waals surface area contributed by atoms with Crippen molar-refractivity contribution < 1.29 is 19.7 Å². The molecule has 7 heteroatoms. The summed E-state index contributed by atoms with van der Waals surface area (Å²) in [7, 11) is 1.57. The monoisotopic (exact) mass is 411 g/mol. The van der Waals surface area contributed by atoms with Crippen molar-refractivity contribution in [3.05, 3.63) is 53.2 Å². The van der Waals surface area contributed by atoms with Gasteiger partial charge in [-0.15, -0.1) is 0 Å². The lowest BCUT2D eigenvalue weighted by molar-refractivity contribution is -0.116. The van der Waals surface area contributed by atoms with Crippen LogP contribution in [-0.4, -0.2) is 52.7 Å². The molecule has 2 aliphatic heterocycles. The molecule has 1 saturated heterocycles. The summed E-state index contributed by atoms with van der Waals surface area (Å²) in [5.41, 5.74) is 2.70. The fourth-order valence-corrected chi connectivity index (χ4v) is 4.32. The molecule has 0 radical (unpaired) electrons. The van der Waals surface area contributed by atoms with Crippen LogP contribution in [-0.2, 0) is 16.8 Å². The minimum Gasteiger partial charge on any atom is -0.481 e. The normalized spacial score (nSPS) is 20.0. The summed E-state index contributed by atoms with van der Waals surface area (Å²) in [5, 5.41) is 24.8. The number of ether oxygens (including phenoxy) is 1. The summed E-state index contributed by atoms with van der Waals surface area (Å²) in [6.45, 7) is 1.91. The molecule has 2 aliphatic rings. The van der Waals surface area contributed by atoms with Gasteiger partial charge in [0.15, 0.2) is 0 Å². The van der Waals surface area contributed by atoms with E-state index in [2.05, 4.69) is 15.2 Å². The molecular formula is C23H29N3O4. The van der Waals surface area contributed by atoms with Crippen LogP contribution in [0.1, 0.15) is 48.5 Å². The first-order chi connectivity index (χ1) is 14.5. The number of β-amino-alcohol motifs (C(OH)–C–C–N with tert-alkyl or cyclic N) is 1. The van der Waals surface area contributed by atoms with E-state index in [1.165, 1.54) is 0 Å². The maximum Gasteiger partial charge on any atom is 0.224 e. The number of amides is 1. The molecule has 1 aromatic heterocycles. The number of carbonyl (C=O) groups excluding carboxylic acids is 1. The van der Waals surface area contributed by atoms with Crippen LogP contribution in [0.15, 0.2) is 36.5 Å². The average molecular weight is 412 g/mol. The Labute approximate surface area is 176 Å². The van der Waals surface area contributed by atoms with Gasteiger partial charge in [0.1, 0.15) is 0 Å². The highest BCUT2D eigenvalue weighted by Gasteiger charge is 2.35. The zero-order chi connectivity index (χ0) is 21.1. The molecular weight excluding hydrogens is 382 g/mol. The van der Waals surface area contributed by atoms with Crippen molar-refractivity contribution in [1.29, 1.82) is 0 Å². The number of aromatic nitrogens is 1. The molecule has 3 N–H and O–H groups in total. The van der Waals surface area contributed by atoms with Crippen LogP contribution in [0.2, 0.25) is 0 Å². The number of piperidine rings is 1. The zero-order valence-electron chi connectivity index (χ0n) is 17.3. The number of aryl methyl sites for hydroxylation is 1. The summed E-state index contributed by atoms with van der Waals surface area (Å²) in [6.07, 6.45) is 4.44. The van der Waals surface area contributed by atoms with Crippen molar-refractivity contribution in [1.82, 2.24) is 9.88 Å². The van der Waals surface area contributed by atoms with Crippen molar-refractivity contribution >= 4 is 11.6 Å². The smallest absolute Gasteiger partial charge is 0.224 e. The fraction of sp³-hybridized carbons (Fsp3) is 0.478. The summed E-state index contributed by atoms with van der Waals surface area (Å²) in [6, 6.07) is 9.42. The lowest BCUT2D eigenvalue weighted by Crippen LogP contribution is -2.44. The van der Waals surface area contributed by atoms with Crippen LogP contribution in [0, 0.1) is 0 Å². The quantitative estimate of drug-likeness (QED) is 0.699. The van der Waals surface area contributed by atoms with Gasteiger partial charge < -0.3 is 25.2 Å². The van der Waals surface area contributed by atoms with Gasteiger partial charge in [-0.1, -0.05) is 12.1 Å². The minimum atomic E-state index is -0.900.